The number of hydrogen-bond acceptors (Lipinski definition) is 3. The Morgan fingerprint density at radius 1 is 1.25 bits per heavy atom. The van der Waals surface area contributed by atoms with Gasteiger partial charge in [0.15, 0.2) is 0 Å². The molecule has 0 bridgehead atoms. The van der Waals surface area contributed by atoms with E-state index in [0.29, 0.717) is 11.1 Å². The van der Waals surface area contributed by atoms with Crippen LogP contribution in [0.25, 0.3) is 22.4 Å². The molecule has 2 aromatic heterocycles. The van der Waals surface area contributed by atoms with Crippen LogP contribution in [0.5, 0.6) is 5.75 Å². The number of phenolic OH excluding ortho intramolecular Hbond substituents is 1. The van der Waals surface area contributed by atoms with Crippen LogP contribution in [0, 0.1) is 0 Å². The van der Waals surface area contributed by atoms with Gasteiger partial charge in [0.1, 0.15) is 17.1 Å². The average molecular weight is 286 g/mol. The number of benzene rings is 1. The first-order valence-corrected chi connectivity index (χ1v) is 6.92. The largest absolute Gasteiger partial charge is 0.508 e. The third-order valence-electron chi connectivity index (χ3n) is 3.59. The number of hydrogen-bond donors (Lipinski definition) is 1. The lowest BCUT2D eigenvalue weighted by Gasteiger charge is -2.09. The van der Waals surface area contributed by atoms with Crippen molar-refractivity contribution in [3.63, 3.8) is 0 Å². The lowest BCUT2D eigenvalue weighted by Crippen LogP contribution is -1.97. The van der Waals surface area contributed by atoms with Crippen molar-refractivity contribution in [3.05, 3.63) is 41.7 Å². The van der Waals surface area contributed by atoms with Gasteiger partial charge < -0.3 is 9.67 Å². The van der Waals surface area contributed by atoms with Crippen molar-refractivity contribution >= 4 is 22.6 Å². The van der Waals surface area contributed by atoms with Crippen molar-refractivity contribution in [2.75, 3.05) is 0 Å². The van der Waals surface area contributed by atoms with Crippen molar-refractivity contribution in [1.82, 2.24) is 14.5 Å². The van der Waals surface area contributed by atoms with E-state index < -0.39 is 0 Å². The second-order valence-electron chi connectivity index (χ2n) is 5.07. The molecule has 20 heavy (non-hydrogen) atoms. The maximum absolute atomic E-state index is 9.71. The summed E-state index contributed by atoms with van der Waals surface area (Å²) in [6, 6.07) is 7.38. The molecule has 3 aromatic rings. The van der Waals surface area contributed by atoms with E-state index in [1.165, 1.54) is 0 Å². The van der Waals surface area contributed by atoms with E-state index >= 15 is 0 Å². The second-order valence-corrected chi connectivity index (χ2v) is 5.47. The molecule has 0 unspecified atom stereocenters. The minimum atomic E-state index is 0.192. The van der Waals surface area contributed by atoms with Gasteiger partial charge in [0.2, 0.25) is 0 Å². The first kappa shape index (κ1) is 11.7. The van der Waals surface area contributed by atoms with Crippen LogP contribution in [0.3, 0.4) is 0 Å². The Balaban J connectivity index is 2.03. The molecule has 0 spiro atoms. The van der Waals surface area contributed by atoms with Crippen LogP contribution >= 0.6 is 11.6 Å². The first-order valence-electron chi connectivity index (χ1n) is 6.55. The van der Waals surface area contributed by atoms with Crippen LogP contribution in [0.1, 0.15) is 18.9 Å². The highest BCUT2D eigenvalue weighted by Crippen LogP contribution is 2.42. The Morgan fingerprint density at radius 3 is 2.90 bits per heavy atom. The minimum absolute atomic E-state index is 0.192. The van der Waals surface area contributed by atoms with E-state index in [-0.39, 0.29) is 5.75 Å². The summed E-state index contributed by atoms with van der Waals surface area (Å²) >= 11 is 6.28. The van der Waals surface area contributed by atoms with Gasteiger partial charge in [0, 0.05) is 17.8 Å². The highest BCUT2D eigenvalue weighted by Gasteiger charge is 2.29. The Labute approximate surface area is 120 Å². The highest BCUT2D eigenvalue weighted by molar-refractivity contribution is 6.33. The normalized spacial score (nSPS) is 14.8. The van der Waals surface area contributed by atoms with Crippen molar-refractivity contribution in [2.45, 2.75) is 18.9 Å². The first-order chi connectivity index (χ1) is 9.74. The fourth-order valence-corrected chi connectivity index (χ4v) is 2.73. The van der Waals surface area contributed by atoms with E-state index in [1.54, 1.807) is 30.6 Å². The summed E-state index contributed by atoms with van der Waals surface area (Å²) in [4.78, 5) is 8.77. The van der Waals surface area contributed by atoms with Crippen LogP contribution in [0.15, 0.2) is 36.7 Å². The number of halogens is 1. The summed E-state index contributed by atoms with van der Waals surface area (Å²) in [5, 5.41) is 10.3. The highest BCUT2D eigenvalue weighted by atomic mass is 35.5. The molecule has 0 aliphatic heterocycles. The number of phenols is 1. The SMILES string of the molecule is Oc1ccc(Cl)c(-c2nc3cnccc3n2C2CC2)c1. The molecule has 1 aliphatic carbocycles. The van der Waals surface area contributed by atoms with Crippen LogP contribution in [0.4, 0.5) is 0 Å². The van der Waals surface area contributed by atoms with Crippen LogP contribution in [0.2, 0.25) is 5.02 Å². The molecule has 0 radical (unpaired) electrons. The monoisotopic (exact) mass is 285 g/mol. The summed E-state index contributed by atoms with van der Waals surface area (Å²) in [6.45, 7) is 0. The molecule has 1 N–H and O–H groups in total. The van der Waals surface area contributed by atoms with Gasteiger partial charge in [-0.15, -0.1) is 0 Å². The van der Waals surface area contributed by atoms with Crippen molar-refractivity contribution in [2.24, 2.45) is 0 Å². The molecule has 0 saturated heterocycles. The van der Waals surface area contributed by atoms with Crippen LogP contribution in [-0.2, 0) is 0 Å². The number of aromatic nitrogens is 3. The number of rotatable bonds is 2. The fraction of sp³-hybridized carbons (Fsp3) is 0.200. The summed E-state index contributed by atoms with van der Waals surface area (Å²) in [5.41, 5.74) is 2.68. The number of aromatic hydroxyl groups is 1. The quantitative estimate of drug-likeness (QED) is 0.779. The van der Waals surface area contributed by atoms with E-state index in [9.17, 15) is 5.11 Å². The molecule has 5 heteroatoms. The number of imidazole rings is 1. The van der Waals surface area contributed by atoms with Gasteiger partial charge in [-0.25, -0.2) is 4.98 Å². The molecular formula is C15H12ClN3O. The fourth-order valence-electron chi connectivity index (χ4n) is 2.53. The molecule has 0 atom stereocenters. The van der Waals surface area contributed by atoms with Crippen LogP contribution < -0.4 is 0 Å². The topological polar surface area (TPSA) is 50.9 Å². The zero-order chi connectivity index (χ0) is 13.7. The van der Waals surface area contributed by atoms with E-state index in [1.807, 2.05) is 6.07 Å². The van der Waals surface area contributed by atoms with Gasteiger partial charge in [-0.2, -0.15) is 0 Å². The maximum Gasteiger partial charge on any atom is 0.143 e. The van der Waals surface area contributed by atoms with Crippen molar-refractivity contribution in [1.29, 1.82) is 0 Å². The average Bonchev–Trinajstić information content (AvgIpc) is 3.21. The number of nitrogens with zero attached hydrogens (tertiary/aromatic N) is 3. The predicted octanol–water partition coefficient (Wildman–Crippen LogP) is 3.79. The summed E-state index contributed by atoms with van der Waals surface area (Å²) < 4.78 is 2.21. The molecule has 100 valence electrons. The predicted molar refractivity (Wildman–Crippen MR) is 77.9 cm³/mol. The van der Waals surface area contributed by atoms with Crippen LogP contribution in [-0.4, -0.2) is 19.6 Å². The molecular weight excluding hydrogens is 274 g/mol. The standard InChI is InChI=1S/C15H12ClN3O/c16-12-4-3-10(20)7-11(12)15-18-13-8-17-6-5-14(13)19(15)9-1-2-9/h3-9,20H,1-2H2. The third-order valence-corrected chi connectivity index (χ3v) is 3.92. The molecule has 1 fully saturated rings. The summed E-state index contributed by atoms with van der Waals surface area (Å²) in [5.74, 6) is 0.994. The molecule has 1 saturated carbocycles. The molecule has 0 amide bonds. The number of fused-ring (bicyclic) bond motifs is 1. The summed E-state index contributed by atoms with van der Waals surface area (Å²) in [6.07, 6.45) is 5.83. The molecule has 2 heterocycles. The lowest BCUT2D eigenvalue weighted by atomic mass is 10.2. The van der Waals surface area contributed by atoms with Crippen molar-refractivity contribution in [3.8, 4) is 17.1 Å². The van der Waals surface area contributed by atoms with Gasteiger partial charge in [-0.05, 0) is 37.1 Å². The van der Waals surface area contributed by atoms with Gasteiger partial charge in [0.05, 0.1) is 16.7 Å². The molecule has 4 rings (SSSR count). The maximum atomic E-state index is 9.71. The lowest BCUT2D eigenvalue weighted by molar-refractivity contribution is 0.475. The molecule has 4 nitrogen and oxygen atoms in total. The molecule has 1 aromatic carbocycles. The second kappa shape index (κ2) is 4.21. The van der Waals surface area contributed by atoms with Gasteiger partial charge in [-0.1, -0.05) is 11.6 Å². The van der Waals surface area contributed by atoms with Gasteiger partial charge >= 0.3 is 0 Å². The van der Waals surface area contributed by atoms with E-state index in [2.05, 4.69) is 14.5 Å². The third kappa shape index (κ3) is 1.76. The smallest absolute Gasteiger partial charge is 0.143 e. The Morgan fingerprint density at radius 2 is 2.10 bits per heavy atom. The molecule has 1 aliphatic rings. The van der Waals surface area contributed by atoms with Gasteiger partial charge in [-0.3, -0.25) is 4.98 Å². The zero-order valence-electron chi connectivity index (χ0n) is 10.6. The van der Waals surface area contributed by atoms with Crippen molar-refractivity contribution < 1.29 is 5.11 Å². The van der Waals surface area contributed by atoms with Gasteiger partial charge in [0.25, 0.3) is 0 Å². The Bertz CT molecular complexity index is 808. The number of pyridine rings is 1. The van der Waals surface area contributed by atoms with E-state index in [0.717, 1.165) is 35.3 Å². The Hall–Kier alpha value is -2.07. The Kier molecular flexibility index (Phi) is 2.47. The minimum Gasteiger partial charge on any atom is -0.508 e. The van der Waals surface area contributed by atoms with E-state index in [4.69, 9.17) is 11.6 Å². The zero-order valence-corrected chi connectivity index (χ0v) is 11.4. The summed E-state index contributed by atoms with van der Waals surface area (Å²) in [7, 11) is 0.